The molecule has 108 valence electrons. The molecular weight excluding hydrogens is 260 g/mol. The van der Waals surface area contributed by atoms with Crippen LogP contribution >= 0.6 is 0 Å². The van der Waals surface area contributed by atoms with Crippen LogP contribution in [0.15, 0.2) is 48.5 Å². The largest absolute Gasteiger partial charge is 0.378 e. The molecule has 1 atom stereocenters. The zero-order valence-corrected chi connectivity index (χ0v) is 12.5. The molecular formula is C18H20N2O. The third-order valence-electron chi connectivity index (χ3n) is 4.18. The summed E-state index contributed by atoms with van der Waals surface area (Å²) in [6.45, 7) is 1.58. The first-order valence-corrected chi connectivity index (χ1v) is 7.34. The highest BCUT2D eigenvalue weighted by molar-refractivity contribution is 5.91. The molecule has 1 unspecified atom stereocenters. The van der Waals surface area contributed by atoms with E-state index in [0.29, 0.717) is 6.04 Å². The molecule has 1 N–H and O–H groups in total. The van der Waals surface area contributed by atoms with Crippen molar-refractivity contribution in [1.29, 1.82) is 0 Å². The average molecular weight is 280 g/mol. The lowest BCUT2D eigenvalue weighted by molar-refractivity contribution is -0.116. The van der Waals surface area contributed by atoms with Gasteiger partial charge in [-0.25, -0.2) is 0 Å². The van der Waals surface area contributed by atoms with Gasteiger partial charge in [0.25, 0.3) is 0 Å². The number of benzene rings is 2. The van der Waals surface area contributed by atoms with Gasteiger partial charge >= 0.3 is 0 Å². The molecule has 1 amide bonds. The van der Waals surface area contributed by atoms with Crippen molar-refractivity contribution in [2.24, 2.45) is 0 Å². The van der Waals surface area contributed by atoms with Crippen molar-refractivity contribution >= 4 is 17.3 Å². The molecule has 0 saturated carbocycles. The Bertz CT molecular complexity index is 666. The topological polar surface area (TPSA) is 32.3 Å². The Morgan fingerprint density at radius 1 is 1.19 bits per heavy atom. The fraction of sp³-hybridized carbons (Fsp3) is 0.278. The number of aryl methyl sites for hydroxylation is 1. The molecule has 0 heterocycles. The lowest BCUT2D eigenvalue weighted by Crippen LogP contribution is -2.22. The number of rotatable bonds is 3. The van der Waals surface area contributed by atoms with Crippen LogP contribution in [-0.4, -0.2) is 13.0 Å². The zero-order chi connectivity index (χ0) is 14.8. The number of nitrogens with zero attached hydrogens (tertiary/aromatic N) is 1. The highest BCUT2D eigenvalue weighted by Gasteiger charge is 2.21. The van der Waals surface area contributed by atoms with Gasteiger partial charge in [-0.1, -0.05) is 30.3 Å². The van der Waals surface area contributed by atoms with Crippen LogP contribution in [0, 0.1) is 0 Å². The molecule has 2 aromatic rings. The summed E-state index contributed by atoms with van der Waals surface area (Å²) in [5, 5.41) is 3.59. The molecule has 0 bridgehead atoms. The van der Waals surface area contributed by atoms with E-state index in [4.69, 9.17) is 0 Å². The SMILES string of the molecule is CC(=O)N(C)c1cccc(NC2CCc3ccccc32)c1. The molecule has 0 aliphatic heterocycles. The lowest BCUT2D eigenvalue weighted by Gasteiger charge is -2.19. The van der Waals surface area contributed by atoms with Gasteiger partial charge in [0.15, 0.2) is 0 Å². The van der Waals surface area contributed by atoms with Crippen LogP contribution in [0.1, 0.15) is 30.5 Å². The summed E-state index contributed by atoms with van der Waals surface area (Å²) in [6.07, 6.45) is 2.24. The maximum atomic E-state index is 11.5. The third kappa shape index (κ3) is 2.77. The van der Waals surface area contributed by atoms with E-state index < -0.39 is 0 Å². The molecule has 0 aromatic heterocycles. The number of fused-ring (bicyclic) bond motifs is 1. The van der Waals surface area contributed by atoms with Gasteiger partial charge in [-0.2, -0.15) is 0 Å². The van der Waals surface area contributed by atoms with Gasteiger partial charge in [0.05, 0.1) is 6.04 Å². The quantitative estimate of drug-likeness (QED) is 0.928. The minimum atomic E-state index is 0.0402. The van der Waals surface area contributed by atoms with E-state index in [1.54, 1.807) is 18.9 Å². The summed E-state index contributed by atoms with van der Waals surface area (Å²) >= 11 is 0. The van der Waals surface area contributed by atoms with Gasteiger partial charge in [-0.3, -0.25) is 4.79 Å². The smallest absolute Gasteiger partial charge is 0.223 e. The van der Waals surface area contributed by atoms with E-state index in [1.807, 2.05) is 18.2 Å². The van der Waals surface area contributed by atoms with E-state index in [1.165, 1.54) is 11.1 Å². The Hall–Kier alpha value is -2.29. The molecule has 3 nitrogen and oxygen atoms in total. The van der Waals surface area contributed by atoms with Gasteiger partial charge in [0, 0.05) is 25.3 Å². The Kier molecular flexibility index (Phi) is 3.65. The summed E-state index contributed by atoms with van der Waals surface area (Å²) in [4.78, 5) is 13.1. The second kappa shape index (κ2) is 5.60. The Labute approximate surface area is 125 Å². The van der Waals surface area contributed by atoms with Crippen LogP contribution in [-0.2, 0) is 11.2 Å². The summed E-state index contributed by atoms with van der Waals surface area (Å²) in [5.41, 5.74) is 4.80. The zero-order valence-electron chi connectivity index (χ0n) is 12.5. The molecule has 1 aliphatic rings. The van der Waals surface area contributed by atoms with E-state index >= 15 is 0 Å². The minimum absolute atomic E-state index is 0.0402. The van der Waals surface area contributed by atoms with Crippen LogP contribution in [0.25, 0.3) is 0 Å². The van der Waals surface area contributed by atoms with Gasteiger partial charge in [0.1, 0.15) is 0 Å². The summed E-state index contributed by atoms with van der Waals surface area (Å²) in [5.74, 6) is 0.0402. The third-order valence-corrected chi connectivity index (χ3v) is 4.18. The Morgan fingerprint density at radius 2 is 2.00 bits per heavy atom. The molecule has 1 aliphatic carbocycles. The normalized spacial score (nSPS) is 16.4. The van der Waals surface area contributed by atoms with Crippen LogP contribution in [0.2, 0.25) is 0 Å². The average Bonchev–Trinajstić information content (AvgIpc) is 2.90. The standard InChI is InChI=1S/C18H20N2O/c1-13(21)20(2)16-8-5-7-15(12-16)19-18-11-10-14-6-3-4-9-17(14)18/h3-9,12,18-19H,10-11H2,1-2H3. The predicted octanol–water partition coefficient (Wildman–Crippen LogP) is 3.77. The predicted molar refractivity (Wildman–Crippen MR) is 86.7 cm³/mol. The van der Waals surface area contributed by atoms with E-state index in [0.717, 1.165) is 24.2 Å². The molecule has 0 spiro atoms. The fourth-order valence-corrected chi connectivity index (χ4v) is 2.89. The maximum absolute atomic E-state index is 11.5. The Morgan fingerprint density at radius 3 is 2.81 bits per heavy atom. The molecule has 0 radical (unpaired) electrons. The summed E-state index contributed by atoms with van der Waals surface area (Å²) in [6, 6.07) is 17.0. The molecule has 0 fully saturated rings. The van der Waals surface area contributed by atoms with Crippen LogP contribution in [0.5, 0.6) is 0 Å². The number of carbonyl (C=O) groups excluding carboxylic acids is 1. The fourth-order valence-electron chi connectivity index (χ4n) is 2.89. The van der Waals surface area contributed by atoms with Crippen LogP contribution in [0.3, 0.4) is 0 Å². The molecule has 3 rings (SSSR count). The Balaban J connectivity index is 1.80. The van der Waals surface area contributed by atoms with Crippen LogP contribution < -0.4 is 10.2 Å². The van der Waals surface area contributed by atoms with E-state index in [9.17, 15) is 4.79 Å². The summed E-state index contributed by atoms with van der Waals surface area (Å²) < 4.78 is 0. The van der Waals surface area contributed by atoms with Crippen molar-refractivity contribution in [3.8, 4) is 0 Å². The lowest BCUT2D eigenvalue weighted by atomic mass is 10.1. The second-order valence-corrected chi connectivity index (χ2v) is 5.56. The maximum Gasteiger partial charge on any atom is 0.223 e. The number of carbonyl (C=O) groups is 1. The van der Waals surface area contributed by atoms with E-state index in [2.05, 4.69) is 35.6 Å². The van der Waals surface area contributed by atoms with Crippen molar-refractivity contribution in [2.45, 2.75) is 25.8 Å². The second-order valence-electron chi connectivity index (χ2n) is 5.56. The number of hydrogen-bond acceptors (Lipinski definition) is 2. The summed E-state index contributed by atoms with van der Waals surface area (Å²) in [7, 11) is 1.80. The number of nitrogens with one attached hydrogen (secondary N) is 1. The first-order chi connectivity index (χ1) is 10.1. The van der Waals surface area contributed by atoms with Crippen molar-refractivity contribution in [3.63, 3.8) is 0 Å². The van der Waals surface area contributed by atoms with Gasteiger partial charge in [-0.05, 0) is 42.2 Å². The monoisotopic (exact) mass is 280 g/mol. The van der Waals surface area contributed by atoms with Crippen molar-refractivity contribution in [3.05, 3.63) is 59.7 Å². The minimum Gasteiger partial charge on any atom is -0.378 e. The number of amides is 1. The van der Waals surface area contributed by atoms with Crippen molar-refractivity contribution in [2.75, 3.05) is 17.3 Å². The molecule has 3 heteroatoms. The van der Waals surface area contributed by atoms with Gasteiger partial charge < -0.3 is 10.2 Å². The van der Waals surface area contributed by atoms with Crippen molar-refractivity contribution < 1.29 is 4.79 Å². The molecule has 2 aromatic carbocycles. The number of anilines is 2. The van der Waals surface area contributed by atoms with E-state index in [-0.39, 0.29) is 5.91 Å². The first-order valence-electron chi connectivity index (χ1n) is 7.34. The van der Waals surface area contributed by atoms with Gasteiger partial charge in [0.2, 0.25) is 5.91 Å². The van der Waals surface area contributed by atoms with Gasteiger partial charge in [-0.15, -0.1) is 0 Å². The van der Waals surface area contributed by atoms with Crippen LogP contribution in [0.4, 0.5) is 11.4 Å². The molecule has 21 heavy (non-hydrogen) atoms. The highest BCUT2D eigenvalue weighted by Crippen LogP contribution is 2.34. The molecule has 0 saturated heterocycles. The first kappa shape index (κ1) is 13.7. The number of hydrogen-bond donors (Lipinski definition) is 1. The van der Waals surface area contributed by atoms with Crippen molar-refractivity contribution in [1.82, 2.24) is 0 Å². The highest BCUT2D eigenvalue weighted by atomic mass is 16.2.